The number of aliphatic hydroxyl groups excluding tert-OH is 2. The van der Waals surface area contributed by atoms with E-state index in [1.807, 2.05) is 0 Å². The number of halogens is 2. The molecule has 1 aliphatic heterocycles. The predicted molar refractivity (Wildman–Crippen MR) is 125 cm³/mol. The van der Waals surface area contributed by atoms with Crippen LogP contribution in [0.25, 0.3) is 11.1 Å². The van der Waals surface area contributed by atoms with Gasteiger partial charge in [0.15, 0.2) is 0 Å². The smallest absolute Gasteiger partial charge is 0.387 e. The Morgan fingerprint density at radius 1 is 1.09 bits per heavy atom. The number of amides is 1. The van der Waals surface area contributed by atoms with Crippen molar-refractivity contribution in [2.24, 2.45) is 0 Å². The zero-order valence-corrected chi connectivity index (χ0v) is 18.8. The van der Waals surface area contributed by atoms with Crippen molar-refractivity contribution in [3.05, 3.63) is 66.5 Å². The Labute approximate surface area is 201 Å². The molecule has 184 valence electrons. The monoisotopic (exact) mass is 484 g/mol. The van der Waals surface area contributed by atoms with E-state index in [9.17, 15) is 23.8 Å². The van der Waals surface area contributed by atoms with Crippen LogP contribution in [0.15, 0.2) is 60.9 Å². The van der Waals surface area contributed by atoms with Crippen LogP contribution in [-0.2, 0) is 4.79 Å². The fourth-order valence-electron chi connectivity index (χ4n) is 4.00. The summed E-state index contributed by atoms with van der Waals surface area (Å²) in [5.41, 5.74) is 2.84. The lowest BCUT2D eigenvalue weighted by Gasteiger charge is -2.32. The first-order chi connectivity index (χ1) is 16.9. The molecule has 10 heteroatoms. The number of rotatable bonds is 8. The molecular weight excluding hydrogens is 458 g/mol. The summed E-state index contributed by atoms with van der Waals surface area (Å²) >= 11 is 0. The van der Waals surface area contributed by atoms with E-state index in [0.717, 1.165) is 12.0 Å². The fourth-order valence-corrected chi connectivity index (χ4v) is 4.00. The first kappa shape index (κ1) is 24.5. The molecular formula is C25H26F2N4O4. The average Bonchev–Trinajstić information content (AvgIpc) is 2.86. The molecule has 1 saturated heterocycles. The third-order valence-electron chi connectivity index (χ3n) is 5.82. The first-order valence-corrected chi connectivity index (χ1v) is 11.2. The van der Waals surface area contributed by atoms with E-state index < -0.39 is 18.6 Å². The van der Waals surface area contributed by atoms with Gasteiger partial charge >= 0.3 is 6.61 Å². The van der Waals surface area contributed by atoms with E-state index in [4.69, 9.17) is 0 Å². The summed E-state index contributed by atoms with van der Waals surface area (Å²) in [6.45, 7) is -2.33. The second-order valence-electron chi connectivity index (χ2n) is 8.26. The summed E-state index contributed by atoms with van der Waals surface area (Å²) in [4.78, 5) is 23.0. The summed E-state index contributed by atoms with van der Waals surface area (Å²) in [5.74, 6) is -0.455. The van der Waals surface area contributed by atoms with Crippen molar-refractivity contribution < 1.29 is 28.5 Å². The van der Waals surface area contributed by atoms with Crippen molar-refractivity contribution in [1.29, 1.82) is 0 Å². The molecule has 1 unspecified atom stereocenters. The number of aromatic nitrogens is 2. The molecule has 3 N–H and O–H groups in total. The van der Waals surface area contributed by atoms with Gasteiger partial charge in [-0.2, -0.15) is 8.78 Å². The van der Waals surface area contributed by atoms with Gasteiger partial charge in [-0.05, 0) is 48.2 Å². The molecule has 1 fully saturated rings. The number of benzene rings is 2. The van der Waals surface area contributed by atoms with Crippen LogP contribution in [0.5, 0.6) is 5.75 Å². The molecule has 1 aliphatic rings. The molecule has 35 heavy (non-hydrogen) atoms. The Hall–Kier alpha value is -3.63. The maximum Gasteiger partial charge on any atom is 0.387 e. The van der Waals surface area contributed by atoms with Crippen molar-refractivity contribution in [2.75, 3.05) is 25.0 Å². The maximum atomic E-state index is 12.8. The van der Waals surface area contributed by atoms with Crippen LogP contribution in [0.2, 0.25) is 0 Å². The minimum Gasteiger partial charge on any atom is -0.435 e. The molecule has 0 saturated carbocycles. The van der Waals surface area contributed by atoms with Gasteiger partial charge in [0.05, 0.1) is 18.6 Å². The van der Waals surface area contributed by atoms with Crippen LogP contribution in [0.3, 0.4) is 0 Å². The SMILES string of the molecule is O=C([C@@H](CO)c1ccc(Nc2ncc(-c3ccc(OC(F)F)cc3)cn2)cc1)N1CCCC(O)C1. The number of nitrogens with zero attached hydrogens (tertiary/aromatic N) is 3. The highest BCUT2D eigenvalue weighted by Gasteiger charge is 2.28. The Balaban J connectivity index is 1.38. The van der Waals surface area contributed by atoms with E-state index >= 15 is 0 Å². The quantitative estimate of drug-likeness (QED) is 0.449. The zero-order chi connectivity index (χ0) is 24.8. The second-order valence-corrected chi connectivity index (χ2v) is 8.26. The minimum atomic E-state index is -2.87. The number of nitrogens with one attached hydrogen (secondary N) is 1. The molecule has 1 aromatic heterocycles. The highest BCUT2D eigenvalue weighted by molar-refractivity contribution is 5.84. The number of hydrogen-bond acceptors (Lipinski definition) is 7. The number of anilines is 2. The topological polar surface area (TPSA) is 108 Å². The van der Waals surface area contributed by atoms with Gasteiger partial charge in [0.25, 0.3) is 0 Å². The van der Waals surface area contributed by atoms with Crippen molar-refractivity contribution in [3.8, 4) is 16.9 Å². The molecule has 3 aromatic rings. The highest BCUT2D eigenvalue weighted by atomic mass is 19.3. The van der Waals surface area contributed by atoms with Gasteiger partial charge in [0.2, 0.25) is 11.9 Å². The van der Waals surface area contributed by atoms with Crippen molar-refractivity contribution >= 4 is 17.5 Å². The largest absolute Gasteiger partial charge is 0.435 e. The number of hydrogen-bond donors (Lipinski definition) is 3. The fraction of sp³-hybridized carbons (Fsp3) is 0.320. The van der Waals surface area contributed by atoms with Gasteiger partial charge < -0.3 is 25.2 Å². The van der Waals surface area contributed by atoms with Crippen molar-refractivity contribution in [3.63, 3.8) is 0 Å². The van der Waals surface area contributed by atoms with Crippen molar-refractivity contribution in [1.82, 2.24) is 14.9 Å². The molecule has 0 spiro atoms. The van der Waals surface area contributed by atoms with Gasteiger partial charge in [-0.3, -0.25) is 4.79 Å². The number of aliphatic hydroxyl groups is 2. The predicted octanol–water partition coefficient (Wildman–Crippen LogP) is 3.55. The lowest BCUT2D eigenvalue weighted by Crippen LogP contribution is -2.44. The van der Waals surface area contributed by atoms with Crippen molar-refractivity contribution in [2.45, 2.75) is 31.5 Å². The van der Waals surface area contributed by atoms with Crippen LogP contribution < -0.4 is 10.1 Å². The lowest BCUT2D eigenvalue weighted by atomic mass is 9.96. The standard InChI is InChI=1S/C25H26F2N4O4/c26-24(27)35-21-9-5-16(6-10-21)18-12-28-25(29-13-18)30-19-7-3-17(4-8-19)22(15-32)23(34)31-11-1-2-20(33)14-31/h3-10,12-13,20,22,24,32-33H,1-2,11,14-15H2,(H,28,29,30)/t20?,22-/m0/s1. The third-order valence-corrected chi connectivity index (χ3v) is 5.82. The van der Waals surface area contributed by atoms with Crippen LogP contribution in [-0.4, -0.2) is 63.4 Å². The first-order valence-electron chi connectivity index (χ1n) is 11.2. The Morgan fingerprint density at radius 3 is 2.37 bits per heavy atom. The van der Waals surface area contributed by atoms with E-state index in [1.165, 1.54) is 12.1 Å². The van der Waals surface area contributed by atoms with Crippen LogP contribution in [0.4, 0.5) is 20.4 Å². The molecule has 2 aromatic carbocycles. The number of piperidine rings is 1. The van der Waals surface area contributed by atoms with E-state index in [2.05, 4.69) is 20.0 Å². The molecule has 0 bridgehead atoms. The number of carbonyl (C=O) groups is 1. The molecule has 2 heterocycles. The number of carbonyl (C=O) groups excluding carboxylic acids is 1. The minimum absolute atomic E-state index is 0.0741. The summed E-state index contributed by atoms with van der Waals surface area (Å²) < 4.78 is 28.9. The number of alkyl halides is 2. The van der Waals surface area contributed by atoms with E-state index in [1.54, 1.807) is 53.7 Å². The molecule has 1 amide bonds. The Morgan fingerprint density at radius 2 is 1.77 bits per heavy atom. The Kier molecular flexibility index (Phi) is 7.84. The van der Waals surface area contributed by atoms with E-state index in [0.29, 0.717) is 35.7 Å². The summed E-state index contributed by atoms with van der Waals surface area (Å²) in [5, 5.41) is 22.8. The third kappa shape index (κ3) is 6.28. The van der Waals surface area contributed by atoms with Gasteiger partial charge in [-0.1, -0.05) is 24.3 Å². The van der Waals surface area contributed by atoms with Gasteiger partial charge in [-0.15, -0.1) is 0 Å². The highest BCUT2D eigenvalue weighted by Crippen LogP contribution is 2.25. The molecule has 8 nitrogen and oxygen atoms in total. The molecule has 0 radical (unpaired) electrons. The summed E-state index contributed by atoms with van der Waals surface area (Å²) in [6, 6.07) is 13.3. The Bertz CT molecular complexity index is 1110. The number of ether oxygens (including phenoxy) is 1. The summed E-state index contributed by atoms with van der Waals surface area (Å²) in [6.07, 6.45) is 4.12. The van der Waals surface area contributed by atoms with Crippen LogP contribution >= 0.6 is 0 Å². The van der Waals surface area contributed by atoms with E-state index in [-0.39, 0.29) is 24.8 Å². The van der Waals surface area contributed by atoms with Gasteiger partial charge in [0, 0.05) is 36.7 Å². The van der Waals surface area contributed by atoms with Crippen LogP contribution in [0.1, 0.15) is 24.3 Å². The average molecular weight is 485 g/mol. The normalized spacial score (nSPS) is 16.7. The maximum absolute atomic E-state index is 12.8. The lowest BCUT2D eigenvalue weighted by molar-refractivity contribution is -0.136. The second kappa shape index (κ2) is 11.2. The summed E-state index contributed by atoms with van der Waals surface area (Å²) in [7, 11) is 0. The zero-order valence-electron chi connectivity index (χ0n) is 18.8. The number of likely N-dealkylation sites (tertiary alicyclic amines) is 1. The van der Waals surface area contributed by atoms with Gasteiger partial charge in [0.1, 0.15) is 5.75 Å². The molecule has 2 atom stereocenters. The van der Waals surface area contributed by atoms with Gasteiger partial charge in [-0.25, -0.2) is 9.97 Å². The number of β-amino-alcohol motifs (C(OH)–C–C–N with tert-alkyl or cyclic N) is 1. The molecule has 4 rings (SSSR count). The van der Waals surface area contributed by atoms with Crippen LogP contribution in [0, 0.1) is 0 Å². The molecule has 0 aliphatic carbocycles.